The van der Waals surface area contributed by atoms with Crippen molar-refractivity contribution >= 4 is 5.91 Å². The molecule has 25 heavy (non-hydrogen) atoms. The maximum atomic E-state index is 12.9. The van der Waals surface area contributed by atoms with Crippen LogP contribution < -0.4 is 0 Å². The van der Waals surface area contributed by atoms with Gasteiger partial charge in [-0.15, -0.1) is 0 Å². The summed E-state index contributed by atoms with van der Waals surface area (Å²) in [4.78, 5) is 21.5. The second-order valence-electron chi connectivity index (χ2n) is 6.78. The number of nitrogens with zero attached hydrogens (tertiary/aromatic N) is 5. The van der Waals surface area contributed by atoms with Crippen molar-refractivity contribution in [2.45, 2.75) is 20.0 Å². The van der Waals surface area contributed by atoms with Crippen LogP contribution >= 0.6 is 0 Å². The SMILES string of the molecule is Cc1cc(C(=O)N2Cc3nccn3C[C@H](CN3CCOCC3)C2)no1. The highest BCUT2D eigenvalue weighted by molar-refractivity contribution is 5.92. The Morgan fingerprint density at radius 2 is 2.16 bits per heavy atom. The molecule has 8 heteroatoms. The molecule has 1 atom stereocenters. The first kappa shape index (κ1) is 16.3. The van der Waals surface area contributed by atoms with E-state index >= 15 is 0 Å². The summed E-state index contributed by atoms with van der Waals surface area (Å²) in [6.45, 7) is 8.25. The third kappa shape index (κ3) is 3.59. The van der Waals surface area contributed by atoms with E-state index in [9.17, 15) is 4.79 Å². The first-order valence-corrected chi connectivity index (χ1v) is 8.72. The molecule has 0 bridgehead atoms. The van der Waals surface area contributed by atoms with Crippen LogP contribution in [-0.4, -0.2) is 69.8 Å². The molecule has 0 spiro atoms. The molecule has 0 radical (unpaired) electrons. The van der Waals surface area contributed by atoms with Gasteiger partial charge in [-0.05, 0) is 6.92 Å². The number of ether oxygens (including phenoxy) is 1. The predicted molar refractivity (Wildman–Crippen MR) is 89.0 cm³/mol. The van der Waals surface area contributed by atoms with Crippen molar-refractivity contribution in [3.8, 4) is 0 Å². The van der Waals surface area contributed by atoms with Gasteiger partial charge in [-0.3, -0.25) is 9.69 Å². The summed E-state index contributed by atoms with van der Waals surface area (Å²) in [5.41, 5.74) is 0.364. The zero-order valence-electron chi connectivity index (χ0n) is 14.4. The Kier molecular flexibility index (Phi) is 4.54. The molecular formula is C17H23N5O3. The molecule has 4 heterocycles. The molecule has 0 unspecified atom stereocenters. The number of carbonyl (C=O) groups is 1. The summed E-state index contributed by atoms with van der Waals surface area (Å²) in [6.07, 6.45) is 3.80. The smallest absolute Gasteiger partial charge is 0.276 e. The number of morpholine rings is 1. The van der Waals surface area contributed by atoms with Crippen molar-refractivity contribution in [3.63, 3.8) is 0 Å². The molecule has 134 valence electrons. The maximum absolute atomic E-state index is 12.9. The van der Waals surface area contributed by atoms with Crippen molar-refractivity contribution in [1.29, 1.82) is 0 Å². The van der Waals surface area contributed by atoms with Gasteiger partial charge >= 0.3 is 0 Å². The lowest BCUT2D eigenvalue weighted by Crippen LogP contribution is -2.43. The van der Waals surface area contributed by atoms with Gasteiger partial charge in [-0.2, -0.15) is 0 Å². The Labute approximate surface area is 146 Å². The van der Waals surface area contributed by atoms with Crippen molar-refractivity contribution in [2.75, 3.05) is 39.4 Å². The highest BCUT2D eigenvalue weighted by atomic mass is 16.5. The Morgan fingerprint density at radius 3 is 2.92 bits per heavy atom. The molecule has 4 rings (SSSR count). The lowest BCUT2D eigenvalue weighted by molar-refractivity contribution is 0.0263. The van der Waals surface area contributed by atoms with E-state index in [0.717, 1.165) is 45.2 Å². The fourth-order valence-electron chi connectivity index (χ4n) is 3.59. The van der Waals surface area contributed by atoms with Crippen LogP contribution in [0.2, 0.25) is 0 Å². The lowest BCUT2D eigenvalue weighted by Gasteiger charge is -2.31. The normalized spacial score (nSPS) is 21.8. The van der Waals surface area contributed by atoms with Crippen LogP contribution in [0.3, 0.4) is 0 Å². The van der Waals surface area contributed by atoms with Gasteiger partial charge in [0.25, 0.3) is 5.91 Å². The quantitative estimate of drug-likeness (QED) is 0.818. The van der Waals surface area contributed by atoms with E-state index in [2.05, 4.69) is 19.6 Å². The molecule has 0 aliphatic carbocycles. The van der Waals surface area contributed by atoms with Crippen LogP contribution in [0.5, 0.6) is 0 Å². The number of hydrogen-bond acceptors (Lipinski definition) is 6. The fraction of sp³-hybridized carbons (Fsp3) is 0.588. The molecule has 1 amide bonds. The fourth-order valence-corrected chi connectivity index (χ4v) is 3.59. The second-order valence-corrected chi connectivity index (χ2v) is 6.78. The summed E-state index contributed by atoms with van der Waals surface area (Å²) < 4.78 is 12.7. The third-order valence-corrected chi connectivity index (χ3v) is 4.82. The molecule has 1 fully saturated rings. The van der Waals surface area contributed by atoms with Crippen LogP contribution in [0.4, 0.5) is 0 Å². The number of hydrogen-bond donors (Lipinski definition) is 0. The van der Waals surface area contributed by atoms with Gasteiger partial charge < -0.3 is 18.7 Å². The number of imidazole rings is 1. The van der Waals surface area contributed by atoms with E-state index in [0.29, 0.717) is 30.5 Å². The van der Waals surface area contributed by atoms with Crippen LogP contribution in [0.25, 0.3) is 0 Å². The average molecular weight is 345 g/mol. The Hall–Kier alpha value is -2.19. The summed E-state index contributed by atoms with van der Waals surface area (Å²) in [5.74, 6) is 1.80. The van der Waals surface area contributed by atoms with Crippen molar-refractivity contribution in [1.82, 2.24) is 24.5 Å². The minimum atomic E-state index is -0.0970. The van der Waals surface area contributed by atoms with Gasteiger partial charge in [0, 0.05) is 57.1 Å². The molecule has 0 N–H and O–H groups in total. The summed E-state index contributed by atoms with van der Waals surface area (Å²) in [5, 5.41) is 3.89. The largest absolute Gasteiger partial charge is 0.379 e. The van der Waals surface area contributed by atoms with E-state index in [-0.39, 0.29) is 5.91 Å². The van der Waals surface area contributed by atoms with E-state index < -0.39 is 0 Å². The first-order valence-electron chi connectivity index (χ1n) is 8.72. The summed E-state index contributed by atoms with van der Waals surface area (Å²) >= 11 is 0. The zero-order valence-corrected chi connectivity index (χ0v) is 14.4. The molecule has 2 aromatic heterocycles. The Balaban J connectivity index is 1.53. The molecule has 2 aliphatic heterocycles. The number of fused-ring (bicyclic) bond motifs is 1. The Morgan fingerprint density at radius 1 is 1.32 bits per heavy atom. The molecule has 2 aromatic rings. The minimum Gasteiger partial charge on any atom is -0.379 e. The van der Waals surface area contributed by atoms with Crippen molar-refractivity contribution < 1.29 is 14.1 Å². The van der Waals surface area contributed by atoms with E-state index in [4.69, 9.17) is 9.26 Å². The standard InChI is InChI=1S/C17H23N5O3/c1-13-8-15(19-25-13)17(23)22-11-14(9-20-4-6-24-7-5-20)10-21-3-2-18-16(21)12-22/h2-3,8,14H,4-7,9-12H2,1H3/t14-/m0/s1. The predicted octanol–water partition coefficient (Wildman–Crippen LogP) is 0.784. The monoisotopic (exact) mass is 345 g/mol. The minimum absolute atomic E-state index is 0.0970. The van der Waals surface area contributed by atoms with Crippen molar-refractivity contribution in [3.05, 3.63) is 35.7 Å². The third-order valence-electron chi connectivity index (χ3n) is 4.82. The summed E-state index contributed by atoms with van der Waals surface area (Å²) in [6, 6.07) is 1.69. The molecule has 8 nitrogen and oxygen atoms in total. The second kappa shape index (κ2) is 6.97. The summed E-state index contributed by atoms with van der Waals surface area (Å²) in [7, 11) is 0. The lowest BCUT2D eigenvalue weighted by atomic mass is 10.1. The van der Waals surface area contributed by atoms with Crippen LogP contribution in [-0.2, 0) is 17.8 Å². The first-order chi connectivity index (χ1) is 12.2. The van der Waals surface area contributed by atoms with Gasteiger partial charge in [0.15, 0.2) is 5.69 Å². The molecule has 0 aromatic carbocycles. The number of aromatic nitrogens is 3. The van der Waals surface area contributed by atoms with E-state index in [1.165, 1.54) is 0 Å². The van der Waals surface area contributed by atoms with Crippen molar-refractivity contribution in [2.24, 2.45) is 5.92 Å². The van der Waals surface area contributed by atoms with Gasteiger partial charge in [0.2, 0.25) is 0 Å². The molecule has 2 aliphatic rings. The van der Waals surface area contributed by atoms with E-state index in [1.807, 2.05) is 11.1 Å². The van der Waals surface area contributed by atoms with Gasteiger partial charge in [-0.1, -0.05) is 5.16 Å². The number of rotatable bonds is 3. The van der Waals surface area contributed by atoms with Gasteiger partial charge in [0.1, 0.15) is 11.6 Å². The number of amides is 1. The number of carbonyl (C=O) groups excluding carboxylic acids is 1. The average Bonchev–Trinajstić information content (AvgIpc) is 3.20. The molecular weight excluding hydrogens is 322 g/mol. The van der Waals surface area contributed by atoms with Crippen LogP contribution in [0.15, 0.2) is 23.0 Å². The zero-order chi connectivity index (χ0) is 17.2. The topological polar surface area (TPSA) is 76.6 Å². The highest BCUT2D eigenvalue weighted by Gasteiger charge is 2.29. The Bertz CT molecular complexity index is 734. The van der Waals surface area contributed by atoms with Crippen LogP contribution in [0, 0.1) is 12.8 Å². The van der Waals surface area contributed by atoms with Crippen LogP contribution in [0.1, 0.15) is 22.1 Å². The molecule has 0 saturated carbocycles. The molecule has 1 saturated heterocycles. The number of aryl methyl sites for hydroxylation is 1. The highest BCUT2D eigenvalue weighted by Crippen LogP contribution is 2.19. The maximum Gasteiger partial charge on any atom is 0.276 e. The van der Waals surface area contributed by atoms with E-state index in [1.54, 1.807) is 19.2 Å². The van der Waals surface area contributed by atoms with Gasteiger partial charge in [-0.25, -0.2) is 4.98 Å². The van der Waals surface area contributed by atoms with Gasteiger partial charge in [0.05, 0.1) is 19.8 Å².